The van der Waals surface area contributed by atoms with Crippen LogP contribution >= 0.6 is 23.1 Å². The van der Waals surface area contributed by atoms with Gasteiger partial charge in [0.1, 0.15) is 6.04 Å². The summed E-state index contributed by atoms with van der Waals surface area (Å²) in [6, 6.07) is 14.6. The Bertz CT molecular complexity index is 1090. The van der Waals surface area contributed by atoms with E-state index >= 15 is 0 Å². The number of hydrogen-bond donors (Lipinski definition) is 2. The van der Waals surface area contributed by atoms with Gasteiger partial charge in [0, 0.05) is 12.6 Å². The molecule has 1 aromatic heterocycles. The zero-order valence-corrected chi connectivity index (χ0v) is 18.3. The average molecular weight is 429 g/mol. The molecule has 1 heterocycles. The van der Waals surface area contributed by atoms with Crippen LogP contribution in [0.1, 0.15) is 22.3 Å². The van der Waals surface area contributed by atoms with Gasteiger partial charge in [-0.05, 0) is 49.6 Å². The van der Waals surface area contributed by atoms with E-state index in [1.54, 1.807) is 23.9 Å². The maximum Gasteiger partial charge on any atom is 0.262 e. The second-order valence-electron chi connectivity index (χ2n) is 6.68. The highest BCUT2D eigenvalue weighted by molar-refractivity contribution is 7.98. The molecule has 2 amide bonds. The number of amides is 2. The minimum atomic E-state index is -0.654. The van der Waals surface area contributed by atoms with E-state index in [0.29, 0.717) is 16.8 Å². The topological polar surface area (TPSA) is 75.5 Å². The number of para-hydroxylation sites is 1. The van der Waals surface area contributed by atoms with E-state index in [-0.39, 0.29) is 11.8 Å². The van der Waals surface area contributed by atoms with Gasteiger partial charge in [0.25, 0.3) is 11.8 Å². The number of hydrogen-bond acceptors (Lipinski definition) is 5. The summed E-state index contributed by atoms with van der Waals surface area (Å²) >= 11 is 3.13. The van der Waals surface area contributed by atoms with Crippen molar-refractivity contribution in [3.05, 3.63) is 64.5 Å². The monoisotopic (exact) mass is 428 g/mol. The molecule has 0 fully saturated rings. The minimum absolute atomic E-state index is 0.262. The maximum absolute atomic E-state index is 12.7. The van der Waals surface area contributed by atoms with Crippen molar-refractivity contribution >= 4 is 45.1 Å². The van der Waals surface area contributed by atoms with Crippen molar-refractivity contribution in [1.82, 2.24) is 15.3 Å². The number of thiazole rings is 1. The summed E-state index contributed by atoms with van der Waals surface area (Å²) in [4.78, 5) is 26.0. The third kappa shape index (κ3) is 5.27. The fraction of sp³-hybridized carbons (Fsp3) is 0.286. The standard InChI is InChI=1S/C21H24N4O2S2/c1-14-7-6-8-15(13-14)19(26)22-16(11-12-28-3)20(27)23-24-21-25(2)17-9-4-5-10-18(17)29-21/h4-10,13,16H,11-12H2,1-3H3,(H,22,26)(H,23,27)/b24-21-. The third-order valence-corrected chi connectivity index (χ3v) is 6.25. The van der Waals surface area contributed by atoms with Crippen LogP contribution in [-0.2, 0) is 11.8 Å². The van der Waals surface area contributed by atoms with Gasteiger partial charge in [0.2, 0.25) is 4.80 Å². The molecule has 29 heavy (non-hydrogen) atoms. The third-order valence-electron chi connectivity index (χ3n) is 4.49. The molecule has 0 bridgehead atoms. The number of carbonyl (C=O) groups is 2. The quantitative estimate of drug-likeness (QED) is 0.568. The molecule has 0 aliphatic carbocycles. The molecule has 2 aromatic carbocycles. The molecule has 3 aromatic rings. The zero-order valence-electron chi connectivity index (χ0n) is 16.6. The highest BCUT2D eigenvalue weighted by Gasteiger charge is 2.21. The summed E-state index contributed by atoms with van der Waals surface area (Å²) in [6.07, 6.45) is 2.50. The van der Waals surface area contributed by atoms with Gasteiger partial charge >= 0.3 is 0 Å². The average Bonchev–Trinajstić information content (AvgIpc) is 3.05. The lowest BCUT2D eigenvalue weighted by Gasteiger charge is -2.16. The molecule has 1 unspecified atom stereocenters. The van der Waals surface area contributed by atoms with Crippen LogP contribution in [0.2, 0.25) is 0 Å². The molecule has 3 rings (SSSR count). The Hall–Kier alpha value is -2.58. The zero-order chi connectivity index (χ0) is 20.8. The van der Waals surface area contributed by atoms with Crippen LogP contribution in [0.4, 0.5) is 0 Å². The number of benzene rings is 2. The normalized spacial score (nSPS) is 12.7. The van der Waals surface area contributed by atoms with Gasteiger partial charge in [0.05, 0.1) is 10.2 Å². The van der Waals surface area contributed by atoms with E-state index in [4.69, 9.17) is 0 Å². The summed E-state index contributed by atoms with van der Waals surface area (Å²) in [5.41, 5.74) is 5.22. The van der Waals surface area contributed by atoms with E-state index in [1.807, 2.05) is 61.2 Å². The Balaban J connectivity index is 1.76. The minimum Gasteiger partial charge on any atom is -0.340 e. The summed E-state index contributed by atoms with van der Waals surface area (Å²) in [5, 5.41) is 7.13. The molecule has 6 nitrogen and oxygen atoms in total. The number of aromatic nitrogens is 1. The molecular weight excluding hydrogens is 404 g/mol. The summed E-state index contributed by atoms with van der Waals surface area (Å²) < 4.78 is 3.03. The molecular formula is C21H24N4O2S2. The first-order valence-electron chi connectivity index (χ1n) is 9.24. The molecule has 0 aliphatic rings. The number of aryl methyl sites for hydroxylation is 2. The highest BCUT2D eigenvalue weighted by Crippen LogP contribution is 2.15. The van der Waals surface area contributed by atoms with Crippen LogP contribution in [-0.4, -0.2) is 34.4 Å². The highest BCUT2D eigenvalue weighted by atomic mass is 32.2. The predicted molar refractivity (Wildman–Crippen MR) is 120 cm³/mol. The maximum atomic E-state index is 12.7. The van der Waals surface area contributed by atoms with Gasteiger partial charge < -0.3 is 9.88 Å². The summed E-state index contributed by atoms with van der Waals surface area (Å²) in [7, 11) is 1.91. The van der Waals surface area contributed by atoms with Crippen molar-refractivity contribution in [3.63, 3.8) is 0 Å². The predicted octanol–water partition coefficient (Wildman–Crippen LogP) is 3.03. The fourth-order valence-electron chi connectivity index (χ4n) is 2.90. The molecule has 0 saturated heterocycles. The first kappa shape index (κ1) is 21.1. The number of nitrogens with one attached hydrogen (secondary N) is 2. The number of thioether (sulfide) groups is 1. The molecule has 2 N–H and O–H groups in total. The molecule has 152 valence electrons. The van der Waals surface area contributed by atoms with Crippen molar-refractivity contribution in [2.45, 2.75) is 19.4 Å². The van der Waals surface area contributed by atoms with Crippen LogP contribution in [0.5, 0.6) is 0 Å². The summed E-state index contributed by atoms with van der Waals surface area (Å²) in [5.74, 6) is 0.169. The lowest BCUT2D eigenvalue weighted by molar-refractivity contribution is -0.123. The van der Waals surface area contributed by atoms with Crippen LogP contribution in [0.15, 0.2) is 53.6 Å². The molecule has 0 radical (unpaired) electrons. The van der Waals surface area contributed by atoms with Gasteiger partial charge in [-0.2, -0.15) is 11.8 Å². The van der Waals surface area contributed by atoms with Crippen molar-refractivity contribution in [2.75, 3.05) is 12.0 Å². The number of carbonyl (C=O) groups excluding carboxylic acids is 2. The second-order valence-corrected chi connectivity index (χ2v) is 8.67. The lowest BCUT2D eigenvalue weighted by atomic mass is 10.1. The largest absolute Gasteiger partial charge is 0.340 e. The smallest absolute Gasteiger partial charge is 0.262 e. The first-order valence-corrected chi connectivity index (χ1v) is 11.4. The van der Waals surface area contributed by atoms with Crippen LogP contribution in [0.25, 0.3) is 10.2 Å². The molecule has 1 atom stereocenters. The Morgan fingerprint density at radius 1 is 1.21 bits per heavy atom. The Morgan fingerprint density at radius 2 is 2.00 bits per heavy atom. The second kappa shape index (κ2) is 9.76. The number of fused-ring (bicyclic) bond motifs is 1. The first-order chi connectivity index (χ1) is 14.0. The van der Waals surface area contributed by atoms with Crippen molar-refractivity contribution < 1.29 is 9.59 Å². The fourth-order valence-corrected chi connectivity index (χ4v) is 4.35. The SMILES string of the molecule is CSCCC(NC(=O)c1cccc(C)c1)C(=O)N/N=c1\sc2ccccc2n1C. The van der Waals surface area contributed by atoms with Gasteiger partial charge in [-0.3, -0.25) is 9.59 Å². The summed E-state index contributed by atoms with van der Waals surface area (Å²) in [6.45, 7) is 1.93. The van der Waals surface area contributed by atoms with E-state index < -0.39 is 6.04 Å². The lowest BCUT2D eigenvalue weighted by Crippen LogP contribution is -2.46. The van der Waals surface area contributed by atoms with Crippen molar-refractivity contribution in [1.29, 1.82) is 0 Å². The molecule has 0 aliphatic heterocycles. The van der Waals surface area contributed by atoms with Crippen molar-refractivity contribution in [3.8, 4) is 0 Å². The Labute approximate surface area is 178 Å². The van der Waals surface area contributed by atoms with E-state index in [9.17, 15) is 9.59 Å². The van der Waals surface area contributed by atoms with E-state index in [0.717, 1.165) is 21.5 Å². The Kier molecular flexibility index (Phi) is 7.11. The molecule has 0 saturated carbocycles. The van der Waals surface area contributed by atoms with E-state index in [2.05, 4.69) is 15.8 Å². The molecule has 8 heteroatoms. The van der Waals surface area contributed by atoms with Crippen LogP contribution < -0.4 is 15.5 Å². The molecule has 0 spiro atoms. The van der Waals surface area contributed by atoms with Gasteiger partial charge in [-0.1, -0.05) is 41.2 Å². The van der Waals surface area contributed by atoms with Gasteiger partial charge in [0.15, 0.2) is 0 Å². The van der Waals surface area contributed by atoms with E-state index in [1.165, 1.54) is 11.3 Å². The van der Waals surface area contributed by atoms with Crippen molar-refractivity contribution in [2.24, 2.45) is 12.1 Å². The number of nitrogens with zero attached hydrogens (tertiary/aromatic N) is 2. The van der Waals surface area contributed by atoms with Crippen LogP contribution in [0.3, 0.4) is 0 Å². The van der Waals surface area contributed by atoms with Gasteiger partial charge in [-0.15, -0.1) is 5.10 Å². The Morgan fingerprint density at radius 3 is 2.72 bits per heavy atom. The van der Waals surface area contributed by atoms with Gasteiger partial charge in [-0.25, -0.2) is 5.43 Å². The number of rotatable bonds is 7. The van der Waals surface area contributed by atoms with Crippen LogP contribution in [0, 0.1) is 6.92 Å².